The van der Waals surface area contributed by atoms with Crippen molar-refractivity contribution in [1.82, 2.24) is 0 Å². The second kappa shape index (κ2) is 3.57. The van der Waals surface area contributed by atoms with Crippen LogP contribution in [0, 0.1) is 0 Å². The highest BCUT2D eigenvalue weighted by Gasteiger charge is 2.44. The summed E-state index contributed by atoms with van der Waals surface area (Å²) >= 11 is 0. The topological polar surface area (TPSA) is 52.6 Å². The minimum Gasteiger partial charge on any atom is -0.493 e. The molecule has 0 aromatic heterocycles. The van der Waals surface area contributed by atoms with E-state index in [1.54, 1.807) is 24.3 Å². The van der Waals surface area contributed by atoms with Gasteiger partial charge in [0, 0.05) is 11.6 Å². The molecule has 0 saturated carbocycles. The van der Waals surface area contributed by atoms with Crippen molar-refractivity contribution in [3.63, 3.8) is 0 Å². The number of hydrogen-bond donors (Lipinski definition) is 0. The fraction of sp³-hybridized carbons (Fsp3) is 0.143. The monoisotopic (exact) mass is 242 g/mol. The number of ether oxygens (including phenoxy) is 2. The number of esters is 1. The van der Waals surface area contributed by atoms with Crippen molar-refractivity contribution in [1.29, 1.82) is 0 Å². The van der Waals surface area contributed by atoms with Gasteiger partial charge in [0.1, 0.15) is 0 Å². The van der Waals surface area contributed by atoms with E-state index in [0.29, 0.717) is 5.56 Å². The van der Waals surface area contributed by atoms with E-state index >= 15 is 0 Å². The average molecular weight is 242 g/mol. The summed E-state index contributed by atoms with van der Waals surface area (Å²) in [6.45, 7) is 0. The van der Waals surface area contributed by atoms with Crippen LogP contribution < -0.4 is 0 Å². The van der Waals surface area contributed by atoms with Crippen molar-refractivity contribution < 1.29 is 19.1 Å². The molecule has 3 rings (SSSR count). The zero-order valence-corrected chi connectivity index (χ0v) is 9.67. The Kier molecular flexibility index (Phi) is 2.13. The highest BCUT2D eigenvalue weighted by molar-refractivity contribution is 6.05. The third-order valence-electron chi connectivity index (χ3n) is 3.12. The third-order valence-corrected chi connectivity index (χ3v) is 3.12. The molecule has 1 aliphatic heterocycles. The molecular weight excluding hydrogens is 232 g/mol. The SMILES string of the molecule is COC1=CC2(C=CC1=O)OC(=O)c1ccccc12. The normalized spacial score (nSPS) is 24.8. The van der Waals surface area contributed by atoms with Crippen molar-refractivity contribution in [3.05, 3.63) is 59.4 Å². The van der Waals surface area contributed by atoms with Crippen molar-refractivity contribution in [2.45, 2.75) is 5.60 Å². The van der Waals surface area contributed by atoms with Gasteiger partial charge in [-0.1, -0.05) is 18.2 Å². The number of carbonyl (C=O) groups excluding carboxylic acids is 2. The lowest BCUT2D eigenvalue weighted by atomic mass is 9.88. The molecule has 1 unspecified atom stereocenters. The van der Waals surface area contributed by atoms with E-state index < -0.39 is 11.6 Å². The molecule has 1 atom stereocenters. The first-order valence-electron chi connectivity index (χ1n) is 5.49. The molecule has 0 N–H and O–H groups in total. The predicted octanol–water partition coefficient (Wildman–Crippen LogP) is 1.72. The molecule has 90 valence electrons. The fourth-order valence-electron chi connectivity index (χ4n) is 2.25. The Morgan fingerprint density at radius 1 is 1.22 bits per heavy atom. The first kappa shape index (κ1) is 10.8. The maximum absolute atomic E-state index is 11.8. The van der Waals surface area contributed by atoms with Crippen LogP contribution in [0.4, 0.5) is 0 Å². The van der Waals surface area contributed by atoms with Gasteiger partial charge in [0.25, 0.3) is 0 Å². The summed E-state index contributed by atoms with van der Waals surface area (Å²) < 4.78 is 10.4. The second-order valence-corrected chi connectivity index (χ2v) is 4.14. The summed E-state index contributed by atoms with van der Waals surface area (Å²) in [6.07, 6.45) is 4.49. The quantitative estimate of drug-likeness (QED) is 0.704. The lowest BCUT2D eigenvalue weighted by Crippen LogP contribution is -2.26. The minimum atomic E-state index is -1.01. The molecule has 1 aliphatic carbocycles. The number of allylic oxidation sites excluding steroid dienone is 1. The van der Waals surface area contributed by atoms with Crippen LogP contribution in [0.25, 0.3) is 0 Å². The molecule has 1 aromatic rings. The number of rotatable bonds is 1. The summed E-state index contributed by atoms with van der Waals surface area (Å²) in [5.41, 5.74) is 0.240. The average Bonchev–Trinajstić information content (AvgIpc) is 2.67. The van der Waals surface area contributed by atoms with Crippen molar-refractivity contribution in [3.8, 4) is 0 Å². The van der Waals surface area contributed by atoms with Gasteiger partial charge in [0.2, 0.25) is 5.78 Å². The molecule has 0 fully saturated rings. The maximum atomic E-state index is 11.8. The van der Waals surface area contributed by atoms with Gasteiger partial charge < -0.3 is 9.47 Å². The molecule has 0 saturated heterocycles. The highest BCUT2D eigenvalue weighted by Crippen LogP contribution is 2.41. The van der Waals surface area contributed by atoms with E-state index in [2.05, 4.69) is 0 Å². The van der Waals surface area contributed by atoms with Crippen LogP contribution in [-0.4, -0.2) is 18.9 Å². The molecular formula is C14H10O4. The first-order valence-corrected chi connectivity index (χ1v) is 5.49. The Morgan fingerprint density at radius 3 is 2.78 bits per heavy atom. The summed E-state index contributed by atoms with van der Waals surface area (Å²) in [6, 6.07) is 7.12. The van der Waals surface area contributed by atoms with E-state index in [0.717, 1.165) is 5.56 Å². The lowest BCUT2D eigenvalue weighted by Gasteiger charge is -2.24. The van der Waals surface area contributed by atoms with Gasteiger partial charge in [-0.15, -0.1) is 0 Å². The Labute approximate surface area is 104 Å². The number of hydrogen-bond acceptors (Lipinski definition) is 4. The summed E-state index contributed by atoms with van der Waals surface area (Å²) in [5, 5.41) is 0. The highest BCUT2D eigenvalue weighted by atomic mass is 16.6. The van der Waals surface area contributed by atoms with E-state index in [-0.39, 0.29) is 11.5 Å². The molecule has 18 heavy (non-hydrogen) atoms. The van der Waals surface area contributed by atoms with Crippen molar-refractivity contribution in [2.24, 2.45) is 0 Å². The third kappa shape index (κ3) is 1.32. The van der Waals surface area contributed by atoms with E-state index in [4.69, 9.17) is 9.47 Å². The second-order valence-electron chi connectivity index (χ2n) is 4.14. The Balaban J connectivity index is 2.19. The van der Waals surface area contributed by atoms with Crippen LogP contribution >= 0.6 is 0 Å². The molecule has 1 heterocycles. The van der Waals surface area contributed by atoms with Gasteiger partial charge in [-0.05, 0) is 18.2 Å². The number of methoxy groups -OCH3 is 1. The van der Waals surface area contributed by atoms with Crippen LogP contribution in [0.2, 0.25) is 0 Å². The summed E-state index contributed by atoms with van der Waals surface area (Å²) in [5.74, 6) is -0.443. The van der Waals surface area contributed by atoms with Crippen LogP contribution in [0.15, 0.2) is 48.3 Å². The van der Waals surface area contributed by atoms with Gasteiger partial charge in [-0.25, -0.2) is 4.79 Å². The Bertz CT molecular complexity index is 612. The zero-order chi connectivity index (χ0) is 12.8. The molecule has 0 bridgehead atoms. The molecule has 2 aliphatic rings. The smallest absolute Gasteiger partial charge is 0.340 e. The van der Waals surface area contributed by atoms with E-state index in [9.17, 15) is 9.59 Å². The molecule has 0 radical (unpaired) electrons. The van der Waals surface area contributed by atoms with Crippen LogP contribution in [0.3, 0.4) is 0 Å². The first-order chi connectivity index (χ1) is 8.66. The molecule has 0 amide bonds. The summed E-state index contributed by atoms with van der Waals surface area (Å²) in [4.78, 5) is 23.3. The van der Waals surface area contributed by atoms with Crippen LogP contribution in [0.1, 0.15) is 15.9 Å². The number of benzene rings is 1. The standard InChI is InChI=1S/C14H10O4/c1-17-12-8-14(7-6-11(12)15)10-5-3-2-4-9(10)13(16)18-14/h2-8H,1H3. The maximum Gasteiger partial charge on any atom is 0.340 e. The van der Waals surface area contributed by atoms with E-state index in [1.165, 1.54) is 13.2 Å². The predicted molar refractivity (Wildman–Crippen MR) is 62.8 cm³/mol. The lowest BCUT2D eigenvalue weighted by molar-refractivity contribution is -0.114. The zero-order valence-electron chi connectivity index (χ0n) is 9.67. The minimum absolute atomic E-state index is 0.182. The largest absolute Gasteiger partial charge is 0.493 e. The van der Waals surface area contributed by atoms with Gasteiger partial charge in [0.05, 0.1) is 12.7 Å². The molecule has 1 aromatic carbocycles. The van der Waals surface area contributed by atoms with Crippen LogP contribution in [0.5, 0.6) is 0 Å². The summed E-state index contributed by atoms with van der Waals surface area (Å²) in [7, 11) is 1.42. The Hall–Kier alpha value is -2.36. The molecule has 4 nitrogen and oxygen atoms in total. The Morgan fingerprint density at radius 2 is 2.00 bits per heavy atom. The van der Waals surface area contributed by atoms with Gasteiger partial charge in [-0.3, -0.25) is 4.79 Å². The van der Waals surface area contributed by atoms with Crippen molar-refractivity contribution >= 4 is 11.8 Å². The van der Waals surface area contributed by atoms with Gasteiger partial charge in [-0.2, -0.15) is 0 Å². The number of carbonyl (C=O) groups is 2. The molecule has 4 heteroatoms. The van der Waals surface area contributed by atoms with Gasteiger partial charge >= 0.3 is 5.97 Å². The number of ketones is 1. The van der Waals surface area contributed by atoms with Crippen LogP contribution in [-0.2, 0) is 19.9 Å². The molecule has 1 spiro atoms. The van der Waals surface area contributed by atoms with Crippen molar-refractivity contribution in [2.75, 3.05) is 7.11 Å². The number of fused-ring (bicyclic) bond motifs is 2. The fourth-order valence-corrected chi connectivity index (χ4v) is 2.25. The van der Waals surface area contributed by atoms with Gasteiger partial charge in [0.15, 0.2) is 11.4 Å². The van der Waals surface area contributed by atoms with E-state index in [1.807, 2.05) is 12.1 Å².